The maximum absolute atomic E-state index is 2.51. The van der Waals surface area contributed by atoms with Crippen molar-refractivity contribution in [1.82, 2.24) is 4.90 Å². The van der Waals surface area contributed by atoms with Crippen molar-refractivity contribution in [2.24, 2.45) is 11.8 Å². The molecule has 1 saturated heterocycles. The van der Waals surface area contributed by atoms with Crippen LogP contribution in [0.4, 0.5) is 0 Å². The van der Waals surface area contributed by atoms with Crippen molar-refractivity contribution < 1.29 is 0 Å². The normalized spacial score (nSPS) is 25.4. The Morgan fingerprint density at radius 2 is 2.00 bits per heavy atom. The largest absolute Gasteiger partial charge is 0.306 e. The van der Waals surface area contributed by atoms with Crippen LogP contribution in [0.3, 0.4) is 0 Å². The van der Waals surface area contributed by atoms with Crippen molar-refractivity contribution in [2.75, 3.05) is 24.6 Å². The van der Waals surface area contributed by atoms with Gasteiger partial charge in [-0.2, -0.15) is 0 Å². The molecule has 0 aromatic carbocycles. The van der Waals surface area contributed by atoms with E-state index in [1.54, 1.807) is 0 Å². The van der Waals surface area contributed by atoms with Gasteiger partial charge in [-0.05, 0) is 44.8 Å². The fourth-order valence-electron chi connectivity index (χ4n) is 1.72. The lowest BCUT2D eigenvalue weighted by molar-refractivity contribution is 0.188. The molecule has 2 heteroatoms. The lowest BCUT2D eigenvalue weighted by Gasteiger charge is -2.31. The molecular formula is C9H18IN. The highest BCUT2D eigenvalue weighted by Crippen LogP contribution is 2.25. The molecule has 1 aliphatic heterocycles. The van der Waals surface area contributed by atoms with E-state index < -0.39 is 0 Å². The first kappa shape index (κ1) is 9.78. The van der Waals surface area contributed by atoms with Crippen LogP contribution < -0.4 is 0 Å². The molecule has 0 bridgehead atoms. The van der Waals surface area contributed by atoms with E-state index in [0.717, 1.165) is 11.8 Å². The Morgan fingerprint density at radius 3 is 2.45 bits per heavy atom. The van der Waals surface area contributed by atoms with E-state index in [0.29, 0.717) is 0 Å². The van der Waals surface area contributed by atoms with E-state index in [-0.39, 0.29) is 0 Å². The Labute approximate surface area is 83.7 Å². The molecule has 0 aromatic heterocycles. The lowest BCUT2D eigenvalue weighted by Crippen LogP contribution is -2.33. The first-order chi connectivity index (χ1) is 5.24. The molecule has 0 N–H and O–H groups in total. The van der Waals surface area contributed by atoms with Crippen LogP contribution in [0.1, 0.15) is 19.8 Å². The second-order valence-electron chi connectivity index (χ2n) is 3.77. The Balaban J connectivity index is 2.27. The number of hydrogen-bond donors (Lipinski definition) is 0. The van der Waals surface area contributed by atoms with Crippen molar-refractivity contribution in [3.8, 4) is 0 Å². The van der Waals surface area contributed by atoms with Crippen LogP contribution in [0.15, 0.2) is 0 Å². The fourth-order valence-corrected chi connectivity index (χ4v) is 2.44. The average Bonchev–Trinajstić information content (AvgIpc) is 2.05. The van der Waals surface area contributed by atoms with Gasteiger partial charge in [-0.3, -0.25) is 0 Å². The van der Waals surface area contributed by atoms with Crippen molar-refractivity contribution in [1.29, 1.82) is 0 Å². The first-order valence-electron chi connectivity index (χ1n) is 4.48. The molecule has 11 heavy (non-hydrogen) atoms. The van der Waals surface area contributed by atoms with Crippen LogP contribution in [0.5, 0.6) is 0 Å². The molecule has 1 nitrogen and oxygen atoms in total. The van der Waals surface area contributed by atoms with E-state index in [2.05, 4.69) is 41.5 Å². The van der Waals surface area contributed by atoms with Crippen LogP contribution in [0.2, 0.25) is 0 Å². The van der Waals surface area contributed by atoms with E-state index in [1.807, 2.05) is 0 Å². The molecular weight excluding hydrogens is 249 g/mol. The number of alkyl halides is 1. The van der Waals surface area contributed by atoms with Crippen LogP contribution in [-0.4, -0.2) is 29.5 Å². The third-order valence-electron chi connectivity index (χ3n) is 2.81. The number of rotatable bonds is 2. The van der Waals surface area contributed by atoms with Gasteiger partial charge in [0.1, 0.15) is 0 Å². The molecule has 66 valence electrons. The van der Waals surface area contributed by atoms with Gasteiger partial charge in [0.25, 0.3) is 0 Å². The summed E-state index contributed by atoms with van der Waals surface area (Å²) in [7, 11) is 2.23. The summed E-state index contributed by atoms with van der Waals surface area (Å²) in [4.78, 5) is 2.44. The van der Waals surface area contributed by atoms with Crippen LogP contribution in [0, 0.1) is 11.8 Å². The molecule has 0 unspecified atom stereocenters. The van der Waals surface area contributed by atoms with Gasteiger partial charge in [-0.15, -0.1) is 0 Å². The minimum atomic E-state index is 0.935. The quantitative estimate of drug-likeness (QED) is 0.548. The van der Waals surface area contributed by atoms with Gasteiger partial charge >= 0.3 is 0 Å². The zero-order valence-electron chi connectivity index (χ0n) is 7.52. The summed E-state index contributed by atoms with van der Waals surface area (Å²) in [5.41, 5.74) is 0. The van der Waals surface area contributed by atoms with Gasteiger partial charge in [0.15, 0.2) is 0 Å². The van der Waals surface area contributed by atoms with Crippen LogP contribution >= 0.6 is 22.6 Å². The van der Waals surface area contributed by atoms with E-state index in [4.69, 9.17) is 0 Å². The second-order valence-corrected chi connectivity index (χ2v) is 4.65. The van der Waals surface area contributed by atoms with Gasteiger partial charge in [-0.25, -0.2) is 0 Å². The van der Waals surface area contributed by atoms with Gasteiger partial charge in [0.05, 0.1) is 0 Å². The number of hydrogen-bond acceptors (Lipinski definition) is 1. The molecule has 1 heterocycles. The zero-order valence-corrected chi connectivity index (χ0v) is 9.67. The molecule has 0 saturated carbocycles. The van der Waals surface area contributed by atoms with Crippen molar-refractivity contribution >= 4 is 22.6 Å². The van der Waals surface area contributed by atoms with Crippen molar-refractivity contribution in [3.63, 3.8) is 0 Å². The van der Waals surface area contributed by atoms with Gasteiger partial charge < -0.3 is 4.90 Å². The summed E-state index contributed by atoms with van der Waals surface area (Å²) in [6.07, 6.45) is 2.83. The summed E-state index contributed by atoms with van der Waals surface area (Å²) in [6.45, 7) is 5.01. The standard InChI is InChI=1S/C9H18IN/c1-8(7-10)9-3-5-11(2)6-4-9/h8-9H,3-7H2,1-2H3/t8-/m1/s1. The summed E-state index contributed by atoms with van der Waals surface area (Å²) in [5, 5.41) is 0. The third-order valence-corrected chi connectivity index (χ3v) is 4.20. The fraction of sp³-hybridized carbons (Fsp3) is 1.00. The topological polar surface area (TPSA) is 3.24 Å². The van der Waals surface area contributed by atoms with Crippen LogP contribution in [0.25, 0.3) is 0 Å². The van der Waals surface area contributed by atoms with E-state index in [9.17, 15) is 0 Å². The molecule has 0 radical (unpaired) electrons. The smallest absolute Gasteiger partial charge is 0.00237 e. The van der Waals surface area contributed by atoms with Crippen molar-refractivity contribution in [3.05, 3.63) is 0 Å². The highest BCUT2D eigenvalue weighted by molar-refractivity contribution is 14.1. The summed E-state index contributed by atoms with van der Waals surface area (Å²) < 4.78 is 1.33. The van der Waals surface area contributed by atoms with Gasteiger partial charge in [0.2, 0.25) is 0 Å². The summed E-state index contributed by atoms with van der Waals surface area (Å²) >= 11 is 2.51. The van der Waals surface area contributed by atoms with E-state index in [1.165, 1.54) is 30.4 Å². The Morgan fingerprint density at radius 1 is 1.45 bits per heavy atom. The number of likely N-dealkylation sites (tertiary alicyclic amines) is 1. The molecule has 0 aliphatic carbocycles. The predicted octanol–water partition coefficient (Wildman–Crippen LogP) is 2.40. The van der Waals surface area contributed by atoms with Crippen LogP contribution in [-0.2, 0) is 0 Å². The van der Waals surface area contributed by atoms with E-state index >= 15 is 0 Å². The van der Waals surface area contributed by atoms with Gasteiger partial charge in [-0.1, -0.05) is 29.5 Å². The maximum atomic E-state index is 2.51. The SMILES string of the molecule is C[C@H](CI)C1CCN(C)CC1. The van der Waals surface area contributed by atoms with Gasteiger partial charge in [0, 0.05) is 4.43 Å². The monoisotopic (exact) mass is 267 g/mol. The van der Waals surface area contributed by atoms with Crippen molar-refractivity contribution in [2.45, 2.75) is 19.8 Å². The second kappa shape index (κ2) is 4.65. The highest BCUT2D eigenvalue weighted by atomic mass is 127. The highest BCUT2D eigenvalue weighted by Gasteiger charge is 2.20. The molecule has 0 aromatic rings. The molecule has 1 fully saturated rings. The third kappa shape index (κ3) is 2.90. The lowest BCUT2D eigenvalue weighted by atomic mass is 9.87. The minimum absolute atomic E-state index is 0.935. The zero-order chi connectivity index (χ0) is 8.27. The molecule has 0 amide bonds. The number of halogens is 1. The Hall–Kier alpha value is 0.690. The Kier molecular flexibility index (Phi) is 4.13. The Bertz CT molecular complexity index is 108. The predicted molar refractivity (Wildman–Crippen MR) is 58.3 cm³/mol. The summed E-state index contributed by atoms with van der Waals surface area (Å²) in [6, 6.07) is 0. The first-order valence-corrected chi connectivity index (χ1v) is 6.01. The molecule has 1 aliphatic rings. The molecule has 1 atom stereocenters. The minimum Gasteiger partial charge on any atom is -0.306 e. The molecule has 1 rings (SSSR count). The average molecular weight is 267 g/mol. The number of piperidine rings is 1. The molecule has 0 spiro atoms. The maximum Gasteiger partial charge on any atom is 0.00237 e. The number of nitrogens with zero attached hydrogens (tertiary/aromatic N) is 1. The summed E-state index contributed by atoms with van der Waals surface area (Å²) in [5.74, 6) is 1.94.